The zero-order valence-corrected chi connectivity index (χ0v) is 16.2. The van der Waals surface area contributed by atoms with E-state index in [1.165, 1.54) is 16.9 Å². The summed E-state index contributed by atoms with van der Waals surface area (Å²) >= 11 is 7.53. The SMILES string of the molecule is CCc1ccc(-c2nc(CC(=O)Nc3cc(Cl)ccc3OC)cs2)cc1. The number of ether oxygens (including phenoxy) is 1. The molecule has 4 nitrogen and oxygen atoms in total. The molecule has 0 aliphatic carbocycles. The van der Waals surface area contributed by atoms with Crippen LogP contribution in [0, 0.1) is 0 Å². The van der Waals surface area contributed by atoms with E-state index in [9.17, 15) is 4.79 Å². The van der Waals surface area contributed by atoms with E-state index >= 15 is 0 Å². The van der Waals surface area contributed by atoms with Crippen molar-refractivity contribution in [2.45, 2.75) is 19.8 Å². The first kappa shape index (κ1) is 18.4. The van der Waals surface area contributed by atoms with E-state index in [-0.39, 0.29) is 12.3 Å². The van der Waals surface area contributed by atoms with E-state index in [0.717, 1.165) is 22.7 Å². The summed E-state index contributed by atoms with van der Waals surface area (Å²) in [6, 6.07) is 13.4. The molecule has 3 aromatic rings. The molecular weight excluding hydrogens is 368 g/mol. The minimum Gasteiger partial charge on any atom is -0.495 e. The Bertz CT molecular complexity index is 906. The van der Waals surface area contributed by atoms with Gasteiger partial charge in [-0.3, -0.25) is 4.79 Å². The third kappa shape index (κ3) is 4.42. The maximum Gasteiger partial charge on any atom is 0.230 e. The smallest absolute Gasteiger partial charge is 0.230 e. The third-order valence-electron chi connectivity index (χ3n) is 3.94. The fourth-order valence-electron chi connectivity index (χ4n) is 2.54. The summed E-state index contributed by atoms with van der Waals surface area (Å²) < 4.78 is 5.25. The van der Waals surface area contributed by atoms with Crippen LogP contribution in [-0.4, -0.2) is 18.0 Å². The first-order valence-electron chi connectivity index (χ1n) is 8.26. The number of rotatable bonds is 6. The second-order valence-electron chi connectivity index (χ2n) is 5.76. The Morgan fingerprint density at radius 2 is 2.00 bits per heavy atom. The highest BCUT2D eigenvalue weighted by molar-refractivity contribution is 7.13. The summed E-state index contributed by atoms with van der Waals surface area (Å²) in [6.45, 7) is 2.13. The highest BCUT2D eigenvalue weighted by Gasteiger charge is 2.12. The van der Waals surface area contributed by atoms with Crippen molar-refractivity contribution >= 4 is 34.5 Å². The molecule has 0 atom stereocenters. The van der Waals surface area contributed by atoms with Gasteiger partial charge in [-0.05, 0) is 30.2 Å². The number of nitrogens with one attached hydrogen (secondary N) is 1. The number of thiazole rings is 1. The van der Waals surface area contributed by atoms with Crippen molar-refractivity contribution in [2.75, 3.05) is 12.4 Å². The normalized spacial score (nSPS) is 10.6. The molecule has 6 heteroatoms. The highest BCUT2D eigenvalue weighted by atomic mass is 35.5. The first-order valence-corrected chi connectivity index (χ1v) is 9.52. The van der Waals surface area contributed by atoms with E-state index in [1.54, 1.807) is 25.3 Å². The van der Waals surface area contributed by atoms with Crippen molar-refractivity contribution in [2.24, 2.45) is 0 Å². The zero-order chi connectivity index (χ0) is 18.5. The van der Waals surface area contributed by atoms with Gasteiger partial charge in [0.2, 0.25) is 5.91 Å². The number of methoxy groups -OCH3 is 1. The molecule has 0 saturated heterocycles. The molecule has 2 aromatic carbocycles. The van der Waals surface area contributed by atoms with Crippen LogP contribution in [0.2, 0.25) is 5.02 Å². The Balaban J connectivity index is 1.69. The number of halogens is 1. The number of carbonyl (C=O) groups excluding carboxylic acids is 1. The van der Waals surface area contributed by atoms with Crippen LogP contribution in [0.1, 0.15) is 18.2 Å². The van der Waals surface area contributed by atoms with Crippen LogP contribution in [-0.2, 0) is 17.6 Å². The minimum atomic E-state index is -0.163. The molecule has 26 heavy (non-hydrogen) atoms. The van der Waals surface area contributed by atoms with E-state index in [0.29, 0.717) is 16.5 Å². The largest absolute Gasteiger partial charge is 0.495 e. The standard InChI is InChI=1S/C20H19ClN2O2S/c1-3-13-4-6-14(7-5-13)20-22-16(12-26-20)11-19(24)23-17-10-15(21)8-9-18(17)25-2/h4-10,12H,3,11H2,1-2H3,(H,23,24). The lowest BCUT2D eigenvalue weighted by Crippen LogP contribution is -2.15. The molecule has 1 amide bonds. The van der Waals surface area contributed by atoms with Gasteiger partial charge < -0.3 is 10.1 Å². The second-order valence-corrected chi connectivity index (χ2v) is 7.06. The predicted octanol–water partition coefficient (Wildman–Crippen LogP) is 5.22. The van der Waals surface area contributed by atoms with Gasteiger partial charge in [0.1, 0.15) is 10.8 Å². The lowest BCUT2D eigenvalue weighted by molar-refractivity contribution is -0.115. The molecule has 1 heterocycles. The molecule has 0 fully saturated rings. The summed E-state index contributed by atoms with van der Waals surface area (Å²) in [4.78, 5) is 16.9. The zero-order valence-electron chi connectivity index (χ0n) is 14.6. The van der Waals surface area contributed by atoms with Gasteiger partial charge >= 0.3 is 0 Å². The van der Waals surface area contributed by atoms with Gasteiger partial charge in [-0.2, -0.15) is 0 Å². The molecule has 1 N–H and O–H groups in total. The number of nitrogens with zero attached hydrogens (tertiary/aromatic N) is 1. The number of amides is 1. The number of anilines is 1. The number of carbonyl (C=O) groups is 1. The van der Waals surface area contributed by atoms with Crippen LogP contribution in [0.15, 0.2) is 47.8 Å². The number of aromatic nitrogens is 1. The van der Waals surface area contributed by atoms with Gasteiger partial charge in [-0.15, -0.1) is 11.3 Å². The van der Waals surface area contributed by atoms with Gasteiger partial charge in [0.05, 0.1) is 24.9 Å². The third-order valence-corrected chi connectivity index (χ3v) is 5.11. The molecule has 0 aliphatic rings. The number of aryl methyl sites for hydroxylation is 1. The average Bonchev–Trinajstić information content (AvgIpc) is 3.10. The fraction of sp³-hybridized carbons (Fsp3) is 0.200. The molecule has 0 spiro atoms. The Morgan fingerprint density at radius 1 is 1.23 bits per heavy atom. The minimum absolute atomic E-state index is 0.163. The highest BCUT2D eigenvalue weighted by Crippen LogP contribution is 2.28. The molecule has 3 rings (SSSR count). The van der Waals surface area contributed by atoms with Crippen molar-refractivity contribution in [1.29, 1.82) is 0 Å². The van der Waals surface area contributed by atoms with E-state index in [2.05, 4.69) is 41.5 Å². The molecular formula is C20H19ClN2O2S. The van der Waals surface area contributed by atoms with Crippen molar-refractivity contribution in [3.05, 3.63) is 64.1 Å². The van der Waals surface area contributed by atoms with Crippen molar-refractivity contribution in [1.82, 2.24) is 4.98 Å². The average molecular weight is 387 g/mol. The quantitative estimate of drug-likeness (QED) is 0.632. The Labute approximate surface area is 161 Å². The van der Waals surface area contributed by atoms with E-state index in [1.807, 2.05) is 5.38 Å². The van der Waals surface area contributed by atoms with Gasteiger partial charge in [0.15, 0.2) is 0 Å². The second kappa shape index (κ2) is 8.34. The number of hydrogen-bond acceptors (Lipinski definition) is 4. The van der Waals surface area contributed by atoms with Crippen LogP contribution in [0.5, 0.6) is 5.75 Å². The molecule has 0 unspecified atom stereocenters. The topological polar surface area (TPSA) is 51.2 Å². The van der Waals surface area contributed by atoms with Gasteiger partial charge in [0, 0.05) is 16.0 Å². The lowest BCUT2D eigenvalue weighted by atomic mass is 10.1. The van der Waals surface area contributed by atoms with Crippen LogP contribution < -0.4 is 10.1 Å². The summed E-state index contributed by atoms with van der Waals surface area (Å²) in [5, 5.41) is 6.19. The van der Waals surface area contributed by atoms with Gasteiger partial charge in [-0.25, -0.2) is 4.98 Å². The monoisotopic (exact) mass is 386 g/mol. The maximum atomic E-state index is 12.3. The Kier molecular flexibility index (Phi) is 5.91. The molecule has 0 radical (unpaired) electrons. The Morgan fingerprint density at radius 3 is 2.69 bits per heavy atom. The molecule has 0 bridgehead atoms. The molecule has 0 aliphatic heterocycles. The van der Waals surface area contributed by atoms with Crippen molar-refractivity contribution in [3.8, 4) is 16.3 Å². The van der Waals surface area contributed by atoms with Crippen LogP contribution in [0.3, 0.4) is 0 Å². The summed E-state index contributed by atoms with van der Waals surface area (Å²) in [5.41, 5.74) is 3.65. The summed E-state index contributed by atoms with van der Waals surface area (Å²) in [5.74, 6) is 0.404. The molecule has 0 saturated carbocycles. The van der Waals surface area contributed by atoms with E-state index < -0.39 is 0 Å². The van der Waals surface area contributed by atoms with Crippen LogP contribution in [0.4, 0.5) is 5.69 Å². The predicted molar refractivity (Wildman–Crippen MR) is 107 cm³/mol. The van der Waals surface area contributed by atoms with E-state index in [4.69, 9.17) is 16.3 Å². The van der Waals surface area contributed by atoms with Gasteiger partial charge in [-0.1, -0.05) is 42.8 Å². The fourth-order valence-corrected chi connectivity index (χ4v) is 3.54. The summed E-state index contributed by atoms with van der Waals surface area (Å²) in [7, 11) is 1.55. The Hall–Kier alpha value is -2.37. The molecule has 134 valence electrons. The number of benzene rings is 2. The summed E-state index contributed by atoms with van der Waals surface area (Å²) in [6.07, 6.45) is 1.20. The van der Waals surface area contributed by atoms with Crippen LogP contribution in [0.25, 0.3) is 10.6 Å². The van der Waals surface area contributed by atoms with Gasteiger partial charge in [0.25, 0.3) is 0 Å². The van der Waals surface area contributed by atoms with Crippen molar-refractivity contribution < 1.29 is 9.53 Å². The van der Waals surface area contributed by atoms with Crippen molar-refractivity contribution in [3.63, 3.8) is 0 Å². The number of hydrogen-bond donors (Lipinski definition) is 1. The maximum absolute atomic E-state index is 12.3. The van der Waals surface area contributed by atoms with Crippen LogP contribution >= 0.6 is 22.9 Å². The molecule has 1 aromatic heterocycles. The lowest BCUT2D eigenvalue weighted by Gasteiger charge is -2.10. The first-order chi connectivity index (χ1) is 12.6.